The highest BCUT2D eigenvalue weighted by atomic mass is 14.8. The maximum absolute atomic E-state index is 5.48. The Morgan fingerprint density at radius 2 is 1.14 bits per heavy atom. The molecule has 2 heterocycles. The molecule has 0 aliphatic rings. The van der Waals surface area contributed by atoms with E-state index in [0.717, 1.165) is 11.1 Å². The van der Waals surface area contributed by atoms with Crippen molar-refractivity contribution in [1.82, 2.24) is 9.97 Å². The Labute approximate surface area is 81.6 Å². The monoisotopic (exact) mass is 186 g/mol. The van der Waals surface area contributed by atoms with Crippen LogP contribution in [0.3, 0.4) is 0 Å². The summed E-state index contributed by atoms with van der Waals surface area (Å²) in [6, 6.07) is 7.31. The van der Waals surface area contributed by atoms with Gasteiger partial charge in [-0.3, -0.25) is 0 Å². The van der Waals surface area contributed by atoms with Gasteiger partial charge in [-0.2, -0.15) is 0 Å². The average molecular weight is 186 g/mol. The van der Waals surface area contributed by atoms with Gasteiger partial charge in [-0.15, -0.1) is 0 Å². The Morgan fingerprint density at radius 1 is 0.714 bits per heavy atom. The summed E-state index contributed by atoms with van der Waals surface area (Å²) in [7, 11) is 0. The molecule has 0 amide bonds. The van der Waals surface area contributed by atoms with Gasteiger partial charge >= 0.3 is 0 Å². The van der Waals surface area contributed by atoms with Crippen LogP contribution in [0.2, 0.25) is 0 Å². The number of nitrogens with zero attached hydrogens (tertiary/aromatic N) is 2. The molecule has 4 heteroatoms. The summed E-state index contributed by atoms with van der Waals surface area (Å²) in [6.45, 7) is 0. The number of nitrogens with two attached hydrogens (primary N) is 2. The molecule has 0 bridgehead atoms. The third kappa shape index (κ3) is 1.64. The second-order valence-corrected chi connectivity index (χ2v) is 2.94. The molecular weight excluding hydrogens is 176 g/mol. The fourth-order valence-corrected chi connectivity index (χ4v) is 1.15. The van der Waals surface area contributed by atoms with Crippen LogP contribution in [0.25, 0.3) is 11.1 Å². The highest BCUT2D eigenvalue weighted by molar-refractivity contribution is 5.63. The first-order valence-electron chi connectivity index (χ1n) is 4.19. The minimum atomic E-state index is 0.511. The Balaban J connectivity index is 2.40. The number of hydrogen-bond donors (Lipinski definition) is 2. The number of hydrogen-bond acceptors (Lipinski definition) is 4. The second-order valence-electron chi connectivity index (χ2n) is 2.94. The molecule has 0 spiro atoms. The zero-order chi connectivity index (χ0) is 9.97. The molecule has 0 atom stereocenters. The largest absolute Gasteiger partial charge is 0.384 e. The SMILES string of the molecule is Nc1ccc(-c2ccc(N)nc2)cn1. The lowest BCUT2D eigenvalue weighted by atomic mass is 10.1. The lowest BCUT2D eigenvalue weighted by Gasteiger charge is -2.00. The molecule has 0 aliphatic heterocycles. The van der Waals surface area contributed by atoms with Crippen LogP contribution in [0, 0.1) is 0 Å². The highest BCUT2D eigenvalue weighted by Crippen LogP contribution is 2.18. The maximum Gasteiger partial charge on any atom is 0.123 e. The number of anilines is 2. The van der Waals surface area contributed by atoms with Crippen molar-refractivity contribution in [3.63, 3.8) is 0 Å². The van der Waals surface area contributed by atoms with Crippen LogP contribution in [0.5, 0.6) is 0 Å². The Hall–Kier alpha value is -2.10. The molecule has 0 saturated carbocycles. The summed E-state index contributed by atoms with van der Waals surface area (Å²) < 4.78 is 0. The fraction of sp³-hybridized carbons (Fsp3) is 0. The molecule has 4 nitrogen and oxygen atoms in total. The van der Waals surface area contributed by atoms with E-state index < -0.39 is 0 Å². The number of aromatic nitrogens is 2. The smallest absolute Gasteiger partial charge is 0.123 e. The number of rotatable bonds is 1. The summed E-state index contributed by atoms with van der Waals surface area (Å²) >= 11 is 0. The second kappa shape index (κ2) is 3.33. The van der Waals surface area contributed by atoms with Crippen LogP contribution in [0.15, 0.2) is 36.7 Å². The third-order valence-electron chi connectivity index (χ3n) is 1.91. The van der Waals surface area contributed by atoms with Crippen LogP contribution < -0.4 is 11.5 Å². The van der Waals surface area contributed by atoms with Gasteiger partial charge in [-0.05, 0) is 24.3 Å². The van der Waals surface area contributed by atoms with Gasteiger partial charge in [0.15, 0.2) is 0 Å². The van der Waals surface area contributed by atoms with E-state index in [1.54, 1.807) is 24.5 Å². The molecule has 0 saturated heterocycles. The van der Waals surface area contributed by atoms with Crippen molar-refractivity contribution in [1.29, 1.82) is 0 Å². The minimum absolute atomic E-state index is 0.511. The third-order valence-corrected chi connectivity index (χ3v) is 1.91. The van der Waals surface area contributed by atoms with Crippen LogP contribution >= 0.6 is 0 Å². The molecule has 4 N–H and O–H groups in total. The topological polar surface area (TPSA) is 77.8 Å². The normalized spacial score (nSPS) is 10.0. The van der Waals surface area contributed by atoms with Crippen molar-refractivity contribution < 1.29 is 0 Å². The van der Waals surface area contributed by atoms with E-state index in [2.05, 4.69) is 9.97 Å². The van der Waals surface area contributed by atoms with Crippen LogP contribution in [0.1, 0.15) is 0 Å². The molecule has 70 valence electrons. The van der Waals surface area contributed by atoms with Crippen molar-refractivity contribution in [3.05, 3.63) is 36.7 Å². The number of nitrogen functional groups attached to an aromatic ring is 2. The van der Waals surface area contributed by atoms with E-state index in [-0.39, 0.29) is 0 Å². The zero-order valence-corrected chi connectivity index (χ0v) is 7.51. The van der Waals surface area contributed by atoms with Gasteiger partial charge in [-0.25, -0.2) is 9.97 Å². The molecule has 2 aromatic heterocycles. The average Bonchev–Trinajstić information content (AvgIpc) is 2.21. The van der Waals surface area contributed by atoms with Crippen LogP contribution in [-0.2, 0) is 0 Å². The molecule has 0 unspecified atom stereocenters. The summed E-state index contributed by atoms with van der Waals surface area (Å²) in [5.41, 5.74) is 12.9. The van der Waals surface area contributed by atoms with Crippen LogP contribution in [0.4, 0.5) is 11.6 Å². The molecule has 0 aliphatic carbocycles. The molecule has 14 heavy (non-hydrogen) atoms. The highest BCUT2D eigenvalue weighted by Gasteiger charge is 1.97. The molecule has 0 radical (unpaired) electrons. The maximum atomic E-state index is 5.48. The summed E-state index contributed by atoms with van der Waals surface area (Å²) in [5.74, 6) is 1.02. The predicted octanol–water partition coefficient (Wildman–Crippen LogP) is 1.31. The molecule has 2 rings (SSSR count). The lowest BCUT2D eigenvalue weighted by molar-refractivity contribution is 1.31. The van der Waals surface area contributed by atoms with Crippen molar-refractivity contribution in [3.8, 4) is 11.1 Å². The molecule has 0 aromatic carbocycles. The van der Waals surface area contributed by atoms with Crippen molar-refractivity contribution in [2.24, 2.45) is 0 Å². The van der Waals surface area contributed by atoms with Crippen molar-refractivity contribution in [2.75, 3.05) is 11.5 Å². The van der Waals surface area contributed by atoms with E-state index >= 15 is 0 Å². The summed E-state index contributed by atoms with van der Waals surface area (Å²) in [6.07, 6.45) is 3.42. The quantitative estimate of drug-likeness (QED) is 0.703. The number of pyridine rings is 2. The minimum Gasteiger partial charge on any atom is -0.384 e. The van der Waals surface area contributed by atoms with Gasteiger partial charge in [0, 0.05) is 23.5 Å². The zero-order valence-electron chi connectivity index (χ0n) is 7.51. The molecule has 2 aromatic rings. The standard InChI is InChI=1S/C10H10N4/c11-9-3-1-7(5-13-9)8-2-4-10(12)14-6-8/h1-6H,(H2,11,13)(H2,12,14). The van der Waals surface area contributed by atoms with Gasteiger partial charge in [0.25, 0.3) is 0 Å². The Bertz CT molecular complexity index is 375. The van der Waals surface area contributed by atoms with E-state index in [1.165, 1.54) is 0 Å². The van der Waals surface area contributed by atoms with Gasteiger partial charge in [-0.1, -0.05) is 0 Å². The van der Waals surface area contributed by atoms with E-state index in [4.69, 9.17) is 11.5 Å². The van der Waals surface area contributed by atoms with Gasteiger partial charge in [0.2, 0.25) is 0 Å². The Morgan fingerprint density at radius 3 is 1.43 bits per heavy atom. The first kappa shape index (κ1) is 8.50. The Kier molecular flexibility index (Phi) is 2.02. The van der Waals surface area contributed by atoms with E-state index in [1.807, 2.05) is 12.1 Å². The van der Waals surface area contributed by atoms with Crippen molar-refractivity contribution in [2.45, 2.75) is 0 Å². The van der Waals surface area contributed by atoms with Gasteiger partial charge in [0.05, 0.1) is 0 Å². The van der Waals surface area contributed by atoms with E-state index in [0.29, 0.717) is 11.6 Å². The summed E-state index contributed by atoms with van der Waals surface area (Å²) in [4.78, 5) is 7.99. The fourth-order valence-electron chi connectivity index (χ4n) is 1.15. The first-order valence-corrected chi connectivity index (χ1v) is 4.19. The first-order chi connectivity index (χ1) is 6.75. The predicted molar refractivity (Wildman–Crippen MR) is 56.3 cm³/mol. The summed E-state index contributed by atoms with van der Waals surface area (Å²) in [5, 5.41) is 0. The molecule has 0 fully saturated rings. The van der Waals surface area contributed by atoms with Gasteiger partial charge < -0.3 is 11.5 Å². The van der Waals surface area contributed by atoms with E-state index in [9.17, 15) is 0 Å². The van der Waals surface area contributed by atoms with Crippen molar-refractivity contribution >= 4 is 11.6 Å². The lowest BCUT2D eigenvalue weighted by Crippen LogP contribution is -1.91. The van der Waals surface area contributed by atoms with Crippen LogP contribution in [-0.4, -0.2) is 9.97 Å². The molecular formula is C10H10N4. The van der Waals surface area contributed by atoms with Gasteiger partial charge in [0.1, 0.15) is 11.6 Å².